The molecule has 4 heterocycles. The first-order valence-electron chi connectivity index (χ1n) is 10.5. The van der Waals surface area contributed by atoms with Crippen molar-refractivity contribution in [3.63, 3.8) is 0 Å². The number of Topliss-reactive ketones (excluding diaryl/α,β-unsaturated/α-hetero) is 1. The third-order valence-corrected chi connectivity index (χ3v) is 5.31. The second-order valence-corrected chi connectivity index (χ2v) is 7.62. The van der Waals surface area contributed by atoms with Gasteiger partial charge in [0, 0.05) is 35.5 Å². The Morgan fingerprint density at radius 1 is 1.19 bits per heavy atom. The normalized spacial score (nSPS) is 11.1. The summed E-state index contributed by atoms with van der Waals surface area (Å²) in [5.41, 5.74) is 6.35. The van der Waals surface area contributed by atoms with Gasteiger partial charge in [0.05, 0.1) is 24.0 Å². The maximum atomic E-state index is 13.1. The van der Waals surface area contributed by atoms with E-state index in [1.807, 2.05) is 6.92 Å². The van der Waals surface area contributed by atoms with Gasteiger partial charge in [0.2, 0.25) is 11.8 Å². The van der Waals surface area contributed by atoms with Gasteiger partial charge >= 0.3 is 0 Å². The zero-order valence-electron chi connectivity index (χ0n) is 18.4. The Morgan fingerprint density at radius 3 is 2.69 bits per heavy atom. The van der Waals surface area contributed by atoms with Gasteiger partial charge in [-0.2, -0.15) is 10.2 Å². The molecule has 2 N–H and O–H groups in total. The zero-order valence-corrected chi connectivity index (χ0v) is 18.4. The molecule has 0 fully saturated rings. The molecule has 4 aromatic rings. The van der Waals surface area contributed by atoms with Gasteiger partial charge in [0.25, 0.3) is 0 Å². The minimum atomic E-state index is -0.218. The third-order valence-electron chi connectivity index (χ3n) is 5.31. The van der Waals surface area contributed by atoms with Crippen molar-refractivity contribution in [2.75, 3.05) is 0 Å². The Hall–Kier alpha value is -3.88. The van der Waals surface area contributed by atoms with E-state index in [0.29, 0.717) is 22.8 Å². The highest BCUT2D eigenvalue weighted by atomic mass is 16.4. The van der Waals surface area contributed by atoms with E-state index >= 15 is 0 Å². The molecule has 0 spiro atoms. The molecular weight excluding hydrogens is 406 g/mol. The molecule has 0 aliphatic heterocycles. The molecule has 164 valence electrons. The van der Waals surface area contributed by atoms with E-state index in [-0.39, 0.29) is 18.1 Å². The third kappa shape index (κ3) is 4.14. The average molecular weight is 432 g/mol. The molecule has 0 saturated heterocycles. The van der Waals surface area contributed by atoms with E-state index in [2.05, 4.69) is 55.1 Å². The van der Waals surface area contributed by atoms with E-state index < -0.39 is 0 Å². The summed E-state index contributed by atoms with van der Waals surface area (Å²) >= 11 is 0. The molecule has 9 nitrogen and oxygen atoms in total. The molecule has 4 rings (SSSR count). The number of aromatic nitrogens is 7. The average Bonchev–Trinajstić information content (AvgIpc) is 3.51. The first-order valence-corrected chi connectivity index (χ1v) is 10.5. The van der Waals surface area contributed by atoms with Gasteiger partial charge in [0.15, 0.2) is 5.78 Å². The molecule has 0 aliphatic carbocycles. The number of unbranched alkanes of at least 4 members (excludes halogenated alkanes) is 1. The molecule has 4 aromatic heterocycles. The molecule has 0 atom stereocenters. The maximum absolute atomic E-state index is 13.1. The van der Waals surface area contributed by atoms with E-state index in [1.54, 1.807) is 25.4 Å². The highest BCUT2D eigenvalue weighted by Crippen LogP contribution is 2.33. The number of H-pyrrole nitrogens is 2. The molecular formula is C23H25N7O2. The maximum Gasteiger partial charge on any atom is 0.224 e. The molecule has 0 saturated carbocycles. The molecule has 0 radical (unpaired) electrons. The lowest BCUT2D eigenvalue weighted by atomic mass is 9.93. The molecule has 0 unspecified atom stereocenters. The second kappa shape index (κ2) is 9.09. The predicted molar refractivity (Wildman–Crippen MR) is 120 cm³/mol. The van der Waals surface area contributed by atoms with Crippen molar-refractivity contribution in [2.45, 2.75) is 46.5 Å². The fraction of sp³-hybridized carbons (Fsp3) is 0.304. The lowest BCUT2D eigenvalue weighted by Gasteiger charge is -2.12. The Balaban J connectivity index is 1.79. The van der Waals surface area contributed by atoms with E-state index in [1.165, 1.54) is 0 Å². The number of hydrogen-bond donors (Lipinski definition) is 2. The summed E-state index contributed by atoms with van der Waals surface area (Å²) in [4.78, 5) is 17.8. The summed E-state index contributed by atoms with van der Waals surface area (Å²) in [7, 11) is 0. The van der Waals surface area contributed by atoms with Gasteiger partial charge in [-0.25, -0.2) is 0 Å². The minimum Gasteiger partial charge on any atom is -0.425 e. The summed E-state index contributed by atoms with van der Waals surface area (Å²) in [5, 5.41) is 22.0. The summed E-state index contributed by atoms with van der Waals surface area (Å²) < 4.78 is 5.38. The fourth-order valence-electron chi connectivity index (χ4n) is 3.66. The Morgan fingerprint density at radius 2 is 2.03 bits per heavy atom. The van der Waals surface area contributed by atoms with Gasteiger partial charge in [-0.1, -0.05) is 19.9 Å². The molecule has 0 bridgehead atoms. The van der Waals surface area contributed by atoms with Crippen LogP contribution in [0.2, 0.25) is 0 Å². The van der Waals surface area contributed by atoms with Crippen molar-refractivity contribution in [3.05, 3.63) is 59.5 Å². The largest absolute Gasteiger partial charge is 0.425 e. The highest BCUT2D eigenvalue weighted by molar-refractivity contribution is 6.03. The topological polar surface area (TPSA) is 126 Å². The van der Waals surface area contributed by atoms with Gasteiger partial charge in [-0.05, 0) is 37.5 Å². The van der Waals surface area contributed by atoms with Crippen LogP contribution in [0, 0.1) is 13.8 Å². The zero-order chi connectivity index (χ0) is 22.7. The van der Waals surface area contributed by atoms with Crippen LogP contribution < -0.4 is 0 Å². The van der Waals surface area contributed by atoms with Crippen molar-refractivity contribution in [1.29, 1.82) is 0 Å². The SMILES string of the molecule is C=Cc1[nH]nc(C(=O)Cc2nnc(C)o2)c1-c1cnc(-c2cn[nH]c2C)cc1CCCC. The standard InChI is InChI=1S/C23H25N7O2/c1-5-7-8-15-9-19(16-12-25-26-13(16)3)24-11-17(15)22-18(6-2)28-30-23(22)20(31)10-21-29-27-14(4)32-21/h6,9,11-12H,2,5,7-8,10H2,1,3-4H3,(H,25,26)(H,28,30). The first kappa shape index (κ1) is 21.4. The van der Waals surface area contributed by atoms with Crippen LogP contribution in [-0.4, -0.2) is 41.4 Å². The van der Waals surface area contributed by atoms with Crippen molar-refractivity contribution >= 4 is 11.9 Å². The minimum absolute atomic E-state index is 0.0285. The molecule has 32 heavy (non-hydrogen) atoms. The number of aryl methyl sites for hydroxylation is 3. The lowest BCUT2D eigenvalue weighted by molar-refractivity contribution is 0.0981. The van der Waals surface area contributed by atoms with Gasteiger partial charge < -0.3 is 4.42 Å². The van der Waals surface area contributed by atoms with Crippen LogP contribution in [0.4, 0.5) is 0 Å². The van der Waals surface area contributed by atoms with Gasteiger partial charge in [-0.3, -0.25) is 20.0 Å². The number of nitrogens with one attached hydrogen (secondary N) is 2. The molecule has 0 amide bonds. The molecule has 9 heteroatoms. The second-order valence-electron chi connectivity index (χ2n) is 7.62. The summed E-state index contributed by atoms with van der Waals surface area (Å²) in [6, 6.07) is 2.07. The quantitative estimate of drug-likeness (QED) is 0.379. The van der Waals surface area contributed by atoms with E-state index in [9.17, 15) is 4.79 Å². The number of nitrogens with zero attached hydrogens (tertiary/aromatic N) is 5. The number of aromatic amines is 2. The van der Waals surface area contributed by atoms with Crippen LogP contribution in [0.1, 0.15) is 59.0 Å². The van der Waals surface area contributed by atoms with Crippen LogP contribution in [-0.2, 0) is 12.8 Å². The fourth-order valence-corrected chi connectivity index (χ4v) is 3.66. The molecule has 0 aromatic carbocycles. The molecule has 0 aliphatic rings. The van der Waals surface area contributed by atoms with Crippen molar-refractivity contribution in [3.8, 4) is 22.4 Å². The first-order chi connectivity index (χ1) is 15.5. The highest BCUT2D eigenvalue weighted by Gasteiger charge is 2.24. The van der Waals surface area contributed by atoms with Crippen LogP contribution >= 0.6 is 0 Å². The number of pyridine rings is 1. The van der Waals surface area contributed by atoms with Gasteiger partial charge in [0.1, 0.15) is 5.69 Å². The van der Waals surface area contributed by atoms with E-state index in [4.69, 9.17) is 4.42 Å². The predicted octanol–water partition coefficient (Wildman–Crippen LogP) is 4.27. The van der Waals surface area contributed by atoms with Crippen molar-refractivity contribution in [1.82, 2.24) is 35.6 Å². The number of carbonyl (C=O) groups is 1. The van der Waals surface area contributed by atoms with Gasteiger partial charge in [-0.15, -0.1) is 10.2 Å². The number of carbonyl (C=O) groups excluding carboxylic acids is 1. The summed E-state index contributed by atoms with van der Waals surface area (Å²) in [6.45, 7) is 9.68. The summed E-state index contributed by atoms with van der Waals surface area (Å²) in [5.74, 6) is 0.457. The monoisotopic (exact) mass is 431 g/mol. The Kier molecular flexibility index (Phi) is 6.07. The van der Waals surface area contributed by atoms with Crippen LogP contribution in [0.15, 0.2) is 29.5 Å². The van der Waals surface area contributed by atoms with Crippen LogP contribution in [0.3, 0.4) is 0 Å². The Labute approximate surface area is 185 Å². The number of ketones is 1. The van der Waals surface area contributed by atoms with Crippen molar-refractivity contribution in [2.24, 2.45) is 0 Å². The number of hydrogen-bond acceptors (Lipinski definition) is 7. The lowest BCUT2D eigenvalue weighted by Crippen LogP contribution is -2.07. The van der Waals surface area contributed by atoms with Crippen LogP contribution in [0.5, 0.6) is 0 Å². The summed E-state index contributed by atoms with van der Waals surface area (Å²) in [6.07, 6.45) is 8.10. The van der Waals surface area contributed by atoms with E-state index in [0.717, 1.165) is 47.3 Å². The smallest absolute Gasteiger partial charge is 0.224 e. The van der Waals surface area contributed by atoms with Crippen molar-refractivity contribution < 1.29 is 9.21 Å². The Bertz CT molecular complexity index is 1270. The van der Waals surface area contributed by atoms with Crippen LogP contribution in [0.25, 0.3) is 28.5 Å². The number of rotatable bonds is 9.